The first-order chi connectivity index (χ1) is 4.33. The van der Waals surface area contributed by atoms with Gasteiger partial charge in [-0.15, -0.1) is 12.4 Å². The lowest BCUT2D eigenvalue weighted by Crippen LogP contribution is -1.93. The number of halogens is 1. The van der Waals surface area contributed by atoms with Crippen LogP contribution >= 0.6 is 12.4 Å². The first-order valence-corrected chi connectivity index (χ1v) is 2.44. The molecule has 2 N–H and O–H groups in total. The number of nitrogen functional groups attached to an aromatic ring is 1. The maximum absolute atomic E-state index is 5.20. The third kappa shape index (κ3) is 2.06. The van der Waals surface area contributed by atoms with E-state index >= 15 is 0 Å². The molecular weight excluding hydrogens is 154 g/mol. The number of hydrogen-bond donors (Lipinski definition) is 1. The Morgan fingerprint density at radius 2 is 1.90 bits per heavy atom. The van der Waals surface area contributed by atoms with Gasteiger partial charge in [0.1, 0.15) is 0 Å². The van der Waals surface area contributed by atoms with Gasteiger partial charge >= 0.3 is 0 Å². The van der Waals surface area contributed by atoms with Crippen LogP contribution in [0.5, 0.6) is 5.75 Å². The van der Waals surface area contributed by atoms with Gasteiger partial charge in [0.15, 0.2) is 5.75 Å². The van der Waals surface area contributed by atoms with Gasteiger partial charge in [-0.3, -0.25) is 0 Å². The summed E-state index contributed by atoms with van der Waals surface area (Å²) in [5.74, 6) is 0.875. The van der Waals surface area contributed by atoms with Crippen molar-refractivity contribution in [3.8, 4) is 5.75 Å². The third-order valence-electron chi connectivity index (χ3n) is 0.884. The van der Waals surface area contributed by atoms with E-state index in [-0.39, 0.29) is 18.4 Å². The summed E-state index contributed by atoms with van der Waals surface area (Å²) in [4.78, 5) is 7.38. The molecule has 0 aliphatic carbocycles. The highest BCUT2D eigenvalue weighted by Crippen LogP contribution is 2.03. The normalized spacial score (nSPS) is 8.10. The molecule has 0 saturated heterocycles. The summed E-state index contributed by atoms with van der Waals surface area (Å²) in [6, 6.07) is 0. The maximum Gasteiger partial charge on any atom is 0.220 e. The van der Waals surface area contributed by atoms with E-state index in [0.717, 1.165) is 0 Å². The van der Waals surface area contributed by atoms with Crippen molar-refractivity contribution in [2.75, 3.05) is 12.8 Å². The number of rotatable bonds is 1. The summed E-state index contributed by atoms with van der Waals surface area (Å²) in [6.45, 7) is 0. The fourth-order valence-corrected chi connectivity index (χ4v) is 0.432. The second kappa shape index (κ2) is 3.90. The van der Waals surface area contributed by atoms with Crippen molar-refractivity contribution < 1.29 is 4.74 Å². The van der Waals surface area contributed by atoms with Crippen LogP contribution in [0, 0.1) is 0 Å². The third-order valence-corrected chi connectivity index (χ3v) is 0.884. The van der Waals surface area contributed by atoms with E-state index < -0.39 is 0 Å². The van der Waals surface area contributed by atoms with Crippen LogP contribution in [-0.2, 0) is 0 Å². The van der Waals surface area contributed by atoms with Gasteiger partial charge in [-0.2, -0.15) is 0 Å². The zero-order valence-corrected chi connectivity index (χ0v) is 6.26. The topological polar surface area (TPSA) is 61.0 Å². The highest BCUT2D eigenvalue weighted by Gasteiger charge is 1.88. The molecule has 1 aromatic heterocycles. The minimum Gasteiger partial charge on any atom is -0.494 e. The highest BCUT2D eigenvalue weighted by atomic mass is 35.5. The predicted molar refractivity (Wildman–Crippen MR) is 40.2 cm³/mol. The fourth-order valence-electron chi connectivity index (χ4n) is 0.432. The van der Waals surface area contributed by atoms with Crippen molar-refractivity contribution in [3.05, 3.63) is 12.4 Å². The zero-order valence-electron chi connectivity index (χ0n) is 5.44. The van der Waals surface area contributed by atoms with Crippen LogP contribution in [0.1, 0.15) is 0 Å². The van der Waals surface area contributed by atoms with Gasteiger partial charge in [0, 0.05) is 0 Å². The molecule has 0 aromatic carbocycles. The highest BCUT2D eigenvalue weighted by molar-refractivity contribution is 5.85. The lowest BCUT2D eigenvalue weighted by Gasteiger charge is -1.95. The maximum atomic E-state index is 5.20. The van der Waals surface area contributed by atoms with E-state index in [1.807, 2.05) is 0 Å². The fraction of sp³-hybridized carbons (Fsp3) is 0.200. The molecule has 1 heterocycles. The standard InChI is InChI=1S/C5H7N3O.ClH/c1-9-4-2-7-5(6)8-3-4;/h2-3H,1H3,(H2,6,7,8);1H. The summed E-state index contributed by atoms with van der Waals surface area (Å²) >= 11 is 0. The van der Waals surface area contributed by atoms with Crippen LogP contribution in [0.15, 0.2) is 12.4 Å². The van der Waals surface area contributed by atoms with Crippen LogP contribution in [0.2, 0.25) is 0 Å². The van der Waals surface area contributed by atoms with Gasteiger partial charge < -0.3 is 10.5 Å². The van der Waals surface area contributed by atoms with Crippen molar-refractivity contribution in [1.82, 2.24) is 9.97 Å². The monoisotopic (exact) mass is 161 g/mol. The Morgan fingerprint density at radius 1 is 1.40 bits per heavy atom. The van der Waals surface area contributed by atoms with Crippen LogP contribution < -0.4 is 10.5 Å². The smallest absolute Gasteiger partial charge is 0.220 e. The van der Waals surface area contributed by atoms with Gasteiger partial charge in [0.2, 0.25) is 5.95 Å². The molecule has 1 aromatic rings. The number of nitrogens with two attached hydrogens (primary N) is 1. The second-order valence-electron chi connectivity index (χ2n) is 1.48. The molecule has 0 fully saturated rings. The minimum absolute atomic E-state index is 0. The number of nitrogens with zero attached hydrogens (tertiary/aromatic N) is 2. The van der Waals surface area contributed by atoms with E-state index in [1.54, 1.807) is 7.11 Å². The Bertz CT molecular complexity index is 189. The van der Waals surface area contributed by atoms with Crippen molar-refractivity contribution >= 4 is 18.4 Å². The predicted octanol–water partition coefficient (Wildman–Crippen LogP) is 0.489. The largest absolute Gasteiger partial charge is 0.494 e. The molecule has 0 aliphatic heterocycles. The summed E-state index contributed by atoms with van der Waals surface area (Å²) in [6.07, 6.45) is 3.03. The molecular formula is C5H8ClN3O. The molecule has 5 heteroatoms. The number of methoxy groups -OCH3 is 1. The second-order valence-corrected chi connectivity index (χ2v) is 1.48. The Balaban J connectivity index is 0.000000810. The van der Waals surface area contributed by atoms with Gasteiger partial charge in [-0.1, -0.05) is 0 Å². The van der Waals surface area contributed by atoms with E-state index in [1.165, 1.54) is 12.4 Å². The summed E-state index contributed by atoms with van der Waals surface area (Å²) < 4.78 is 4.79. The molecule has 0 aliphatic rings. The molecule has 1 rings (SSSR count). The molecule has 0 amide bonds. The van der Waals surface area contributed by atoms with Crippen LogP contribution in [0.3, 0.4) is 0 Å². The molecule has 56 valence electrons. The van der Waals surface area contributed by atoms with Gasteiger partial charge in [-0.05, 0) is 0 Å². The first kappa shape index (κ1) is 8.97. The summed E-state index contributed by atoms with van der Waals surface area (Å²) in [7, 11) is 1.55. The van der Waals surface area contributed by atoms with Gasteiger partial charge in [0.05, 0.1) is 19.5 Å². The Morgan fingerprint density at radius 3 is 2.30 bits per heavy atom. The average molecular weight is 162 g/mol. The Kier molecular flexibility index (Phi) is 3.49. The van der Waals surface area contributed by atoms with E-state index in [0.29, 0.717) is 5.75 Å². The number of hydrogen-bond acceptors (Lipinski definition) is 4. The van der Waals surface area contributed by atoms with E-state index in [4.69, 9.17) is 10.5 Å². The summed E-state index contributed by atoms with van der Waals surface area (Å²) in [5.41, 5.74) is 5.20. The zero-order chi connectivity index (χ0) is 6.69. The number of anilines is 1. The molecule has 0 radical (unpaired) electrons. The SMILES string of the molecule is COc1cnc(N)nc1.Cl. The van der Waals surface area contributed by atoms with Crippen molar-refractivity contribution in [2.24, 2.45) is 0 Å². The Hall–Kier alpha value is -1.03. The molecule has 0 unspecified atom stereocenters. The Labute approximate surface area is 64.8 Å². The lowest BCUT2D eigenvalue weighted by molar-refractivity contribution is 0.411. The van der Waals surface area contributed by atoms with Gasteiger partial charge in [-0.25, -0.2) is 9.97 Å². The van der Waals surface area contributed by atoms with E-state index in [9.17, 15) is 0 Å². The van der Waals surface area contributed by atoms with Crippen LogP contribution in [0.25, 0.3) is 0 Å². The lowest BCUT2D eigenvalue weighted by atomic mass is 10.6. The van der Waals surface area contributed by atoms with E-state index in [2.05, 4.69) is 9.97 Å². The quantitative estimate of drug-likeness (QED) is 0.651. The van der Waals surface area contributed by atoms with Crippen molar-refractivity contribution in [2.45, 2.75) is 0 Å². The van der Waals surface area contributed by atoms with Crippen molar-refractivity contribution in [3.63, 3.8) is 0 Å². The molecule has 0 atom stereocenters. The molecule has 0 bridgehead atoms. The molecule has 10 heavy (non-hydrogen) atoms. The van der Waals surface area contributed by atoms with Crippen LogP contribution in [-0.4, -0.2) is 17.1 Å². The summed E-state index contributed by atoms with van der Waals surface area (Å²) in [5, 5.41) is 0. The van der Waals surface area contributed by atoms with Crippen LogP contribution in [0.4, 0.5) is 5.95 Å². The number of ether oxygens (including phenoxy) is 1. The minimum atomic E-state index is 0. The number of aromatic nitrogens is 2. The first-order valence-electron chi connectivity index (χ1n) is 2.44. The molecule has 0 saturated carbocycles. The molecule has 4 nitrogen and oxygen atoms in total. The molecule has 0 spiro atoms. The van der Waals surface area contributed by atoms with Gasteiger partial charge in [0.25, 0.3) is 0 Å². The van der Waals surface area contributed by atoms with Crippen molar-refractivity contribution in [1.29, 1.82) is 0 Å². The average Bonchev–Trinajstić information content (AvgIpc) is 1.90.